The first kappa shape index (κ1) is 23.8. The van der Waals surface area contributed by atoms with Crippen LogP contribution < -0.4 is 4.74 Å². The fraction of sp³-hybridized carbons (Fsp3) is 0.370. The zero-order valence-electron chi connectivity index (χ0n) is 20.7. The molecule has 1 aliphatic rings. The number of methoxy groups -OCH3 is 1. The van der Waals surface area contributed by atoms with Crippen LogP contribution in [-0.4, -0.2) is 56.1 Å². The lowest BCUT2D eigenvalue weighted by molar-refractivity contribution is 0.222. The van der Waals surface area contributed by atoms with E-state index in [1.54, 1.807) is 18.3 Å². The number of nitrogens with zero attached hydrogens (tertiary/aromatic N) is 7. The number of hydrogen-bond donors (Lipinski definition) is 0. The van der Waals surface area contributed by atoms with Crippen LogP contribution in [0.3, 0.4) is 0 Å². The zero-order chi connectivity index (χ0) is 25.2. The van der Waals surface area contributed by atoms with Gasteiger partial charge >= 0.3 is 6.01 Å². The molecule has 4 heterocycles. The topological polar surface area (TPSA) is 92.8 Å². The highest BCUT2D eigenvalue weighted by molar-refractivity contribution is 5.79. The van der Waals surface area contributed by atoms with E-state index in [1.165, 1.54) is 13.3 Å². The molecule has 3 aromatic heterocycles. The number of halogens is 1. The molecule has 184 valence electrons. The molecule has 0 spiro atoms. The highest BCUT2D eigenvalue weighted by atomic mass is 19.1. The van der Waals surface area contributed by atoms with Crippen molar-refractivity contribution in [2.75, 3.05) is 26.7 Å². The number of ether oxygens (including phenoxy) is 1. The second kappa shape index (κ2) is 9.99. The summed E-state index contributed by atoms with van der Waals surface area (Å²) in [5.41, 5.74) is 4.41. The fourth-order valence-corrected chi connectivity index (χ4v) is 4.90. The predicted octanol–water partition coefficient (Wildman–Crippen LogP) is 4.46. The largest absolute Gasteiger partial charge is 0.467 e. The second-order valence-corrected chi connectivity index (χ2v) is 9.12. The number of benzene rings is 1. The molecule has 1 aromatic carbocycles. The molecule has 1 aliphatic heterocycles. The molecular weight excluding hydrogens is 457 g/mol. The standard InChI is InChI=1S/C27H28FN7O/c1-4-34-9-7-19(8-10-34)20-5-6-21(23(28)12-20)16-35-25(22-11-18(13-29)14-30-15-22)32-24-17(2)31-27(36-3)33-26(24)35/h5-6,11-12,14-15,19H,4,7-10,16H2,1-3H3. The maximum absolute atomic E-state index is 15.5. The number of imidazole rings is 1. The monoisotopic (exact) mass is 485 g/mol. The number of aryl methyl sites for hydroxylation is 1. The van der Waals surface area contributed by atoms with Crippen LogP contribution in [0.4, 0.5) is 4.39 Å². The van der Waals surface area contributed by atoms with Gasteiger partial charge < -0.3 is 14.2 Å². The number of fused-ring (bicyclic) bond motifs is 1. The average Bonchev–Trinajstić information content (AvgIpc) is 3.28. The van der Waals surface area contributed by atoms with Crippen molar-refractivity contribution < 1.29 is 9.13 Å². The van der Waals surface area contributed by atoms with Crippen molar-refractivity contribution in [2.45, 2.75) is 39.2 Å². The first-order valence-corrected chi connectivity index (χ1v) is 12.2. The van der Waals surface area contributed by atoms with Crippen molar-refractivity contribution in [3.05, 3.63) is 64.9 Å². The molecule has 1 fully saturated rings. The molecule has 0 atom stereocenters. The predicted molar refractivity (Wildman–Crippen MR) is 134 cm³/mol. The number of likely N-dealkylation sites (tertiary alicyclic amines) is 1. The Morgan fingerprint density at radius 1 is 1.14 bits per heavy atom. The molecule has 0 radical (unpaired) electrons. The maximum Gasteiger partial charge on any atom is 0.318 e. The summed E-state index contributed by atoms with van der Waals surface area (Å²) in [7, 11) is 1.51. The Hall–Kier alpha value is -3.90. The fourth-order valence-electron chi connectivity index (χ4n) is 4.90. The SMILES string of the molecule is CCN1CCC(c2ccc(Cn3c(-c4cncc(C#N)c4)nc4c(C)nc(OC)nc43)c(F)c2)CC1. The van der Waals surface area contributed by atoms with Crippen molar-refractivity contribution in [1.82, 2.24) is 29.4 Å². The van der Waals surface area contributed by atoms with Crippen LogP contribution >= 0.6 is 0 Å². The van der Waals surface area contributed by atoms with Crippen LogP contribution in [0.5, 0.6) is 6.01 Å². The molecule has 0 aliphatic carbocycles. The summed E-state index contributed by atoms with van der Waals surface area (Å²) in [6.45, 7) is 7.37. The van der Waals surface area contributed by atoms with Gasteiger partial charge in [0.1, 0.15) is 23.2 Å². The molecule has 0 bridgehead atoms. The van der Waals surface area contributed by atoms with Crippen LogP contribution in [0.15, 0.2) is 36.7 Å². The molecule has 0 N–H and O–H groups in total. The maximum atomic E-state index is 15.5. The second-order valence-electron chi connectivity index (χ2n) is 9.12. The summed E-state index contributed by atoms with van der Waals surface area (Å²) >= 11 is 0. The summed E-state index contributed by atoms with van der Waals surface area (Å²) in [6, 6.07) is 9.63. The normalized spacial score (nSPS) is 14.8. The van der Waals surface area contributed by atoms with Crippen LogP contribution in [0.1, 0.15) is 48.1 Å². The third-order valence-corrected chi connectivity index (χ3v) is 6.97. The highest BCUT2D eigenvalue weighted by Gasteiger charge is 2.22. The molecule has 0 unspecified atom stereocenters. The molecule has 9 heteroatoms. The summed E-state index contributed by atoms with van der Waals surface area (Å²) in [5.74, 6) is 0.663. The molecule has 8 nitrogen and oxygen atoms in total. The molecule has 1 saturated heterocycles. The number of rotatable bonds is 6. The lowest BCUT2D eigenvalue weighted by Gasteiger charge is -2.31. The molecule has 36 heavy (non-hydrogen) atoms. The third kappa shape index (κ3) is 4.52. The van der Waals surface area contributed by atoms with Gasteiger partial charge in [0.2, 0.25) is 0 Å². The average molecular weight is 486 g/mol. The molecule has 5 rings (SSSR count). The molecule has 0 amide bonds. The van der Waals surface area contributed by atoms with Crippen LogP contribution in [0.25, 0.3) is 22.6 Å². The summed E-state index contributed by atoms with van der Waals surface area (Å²) in [5, 5.41) is 9.36. The van der Waals surface area contributed by atoms with Crippen molar-refractivity contribution in [1.29, 1.82) is 5.26 Å². The van der Waals surface area contributed by atoms with Gasteiger partial charge in [0.25, 0.3) is 0 Å². The van der Waals surface area contributed by atoms with Crippen molar-refractivity contribution in [2.24, 2.45) is 0 Å². The van der Waals surface area contributed by atoms with E-state index in [2.05, 4.69) is 32.8 Å². The van der Waals surface area contributed by atoms with Crippen molar-refractivity contribution in [3.8, 4) is 23.5 Å². The molecular formula is C27H28FN7O. The summed E-state index contributed by atoms with van der Waals surface area (Å²) in [4.78, 5) is 20.3. The van der Waals surface area contributed by atoms with Crippen LogP contribution in [-0.2, 0) is 6.54 Å². The minimum absolute atomic E-state index is 0.211. The van der Waals surface area contributed by atoms with E-state index in [1.807, 2.05) is 23.6 Å². The zero-order valence-corrected chi connectivity index (χ0v) is 20.7. The van der Waals surface area contributed by atoms with Crippen LogP contribution in [0.2, 0.25) is 0 Å². The first-order chi connectivity index (χ1) is 17.5. The van der Waals surface area contributed by atoms with Gasteiger partial charge in [-0.1, -0.05) is 19.1 Å². The minimum atomic E-state index is -0.250. The van der Waals surface area contributed by atoms with Gasteiger partial charge in [-0.3, -0.25) is 4.98 Å². The summed E-state index contributed by atoms with van der Waals surface area (Å²) < 4.78 is 22.6. The highest BCUT2D eigenvalue weighted by Crippen LogP contribution is 2.31. The van der Waals surface area contributed by atoms with E-state index in [0.717, 1.165) is 38.0 Å². The van der Waals surface area contributed by atoms with Crippen molar-refractivity contribution >= 4 is 11.2 Å². The number of nitriles is 1. The Kier molecular flexibility index (Phi) is 6.61. The van der Waals surface area contributed by atoms with Gasteiger partial charge in [0.15, 0.2) is 5.65 Å². The van der Waals surface area contributed by atoms with Gasteiger partial charge in [0.05, 0.1) is 24.9 Å². The Balaban J connectivity index is 1.55. The minimum Gasteiger partial charge on any atom is -0.467 e. The Labute approximate surface area is 209 Å². The van der Waals surface area contributed by atoms with E-state index in [9.17, 15) is 5.26 Å². The van der Waals surface area contributed by atoms with Crippen molar-refractivity contribution in [3.63, 3.8) is 0 Å². The lowest BCUT2D eigenvalue weighted by Crippen LogP contribution is -2.32. The quantitative estimate of drug-likeness (QED) is 0.398. The van der Waals surface area contributed by atoms with Gasteiger partial charge in [-0.2, -0.15) is 15.2 Å². The van der Waals surface area contributed by atoms with E-state index in [-0.39, 0.29) is 18.4 Å². The first-order valence-electron chi connectivity index (χ1n) is 12.2. The van der Waals surface area contributed by atoms with Gasteiger partial charge in [-0.25, -0.2) is 9.37 Å². The van der Waals surface area contributed by atoms with Crippen LogP contribution in [0, 0.1) is 24.1 Å². The molecule has 4 aromatic rings. The van der Waals surface area contributed by atoms with Gasteiger partial charge in [0, 0.05) is 23.5 Å². The number of pyridine rings is 1. The van der Waals surface area contributed by atoms with Gasteiger partial charge in [-0.15, -0.1) is 0 Å². The van der Waals surface area contributed by atoms with E-state index in [0.29, 0.717) is 45.3 Å². The number of piperidine rings is 1. The molecule has 0 saturated carbocycles. The number of hydrogen-bond acceptors (Lipinski definition) is 7. The van der Waals surface area contributed by atoms with E-state index in [4.69, 9.17) is 9.72 Å². The Morgan fingerprint density at radius 3 is 2.64 bits per heavy atom. The van der Waals surface area contributed by atoms with E-state index < -0.39 is 0 Å². The summed E-state index contributed by atoms with van der Waals surface area (Å²) in [6.07, 6.45) is 5.22. The Morgan fingerprint density at radius 2 is 1.94 bits per heavy atom. The lowest BCUT2D eigenvalue weighted by atomic mass is 9.89. The number of aromatic nitrogens is 5. The Bertz CT molecular complexity index is 1450. The van der Waals surface area contributed by atoms with E-state index >= 15 is 4.39 Å². The van der Waals surface area contributed by atoms with Gasteiger partial charge in [-0.05, 0) is 63.0 Å². The third-order valence-electron chi connectivity index (χ3n) is 6.97. The smallest absolute Gasteiger partial charge is 0.318 e.